The van der Waals surface area contributed by atoms with E-state index in [0.717, 1.165) is 17.7 Å². The molecule has 0 unspecified atom stereocenters. The van der Waals surface area contributed by atoms with Gasteiger partial charge in [0.1, 0.15) is 5.75 Å². The Hall–Kier alpha value is -3.90. The standard InChI is InChI=1S/C28H25BrF3N5O3/c1-15-3-4-16(11-19(15)20-12-17-14-34-27(33)36-24(17)23(29)25(20)39-2)26(38)35-21-13-18(28(30,31)32)5-6-22(21)37-7-9-40-10-8-37/h3-6,11-14H,7-10H2,1-2H3,(H,35,38)(H2,33,34,36). The Balaban J connectivity index is 1.55. The maximum Gasteiger partial charge on any atom is 0.416 e. The average Bonchev–Trinajstić information content (AvgIpc) is 2.93. The number of nitrogens with two attached hydrogens (primary N) is 1. The van der Waals surface area contributed by atoms with Crippen molar-refractivity contribution in [3.63, 3.8) is 0 Å². The Morgan fingerprint density at radius 2 is 1.88 bits per heavy atom. The number of aromatic nitrogens is 2. The highest BCUT2D eigenvalue weighted by Gasteiger charge is 2.32. The van der Waals surface area contributed by atoms with Crippen LogP contribution < -0.4 is 20.7 Å². The molecule has 0 saturated carbocycles. The van der Waals surface area contributed by atoms with Gasteiger partial charge in [0, 0.05) is 35.8 Å². The fourth-order valence-corrected chi connectivity index (χ4v) is 5.37. The largest absolute Gasteiger partial charge is 0.495 e. The normalized spacial score (nSPS) is 13.9. The van der Waals surface area contributed by atoms with E-state index < -0.39 is 17.6 Å². The van der Waals surface area contributed by atoms with Crippen molar-refractivity contribution < 1.29 is 27.4 Å². The van der Waals surface area contributed by atoms with E-state index in [2.05, 4.69) is 31.2 Å². The lowest BCUT2D eigenvalue weighted by atomic mass is 9.96. The van der Waals surface area contributed by atoms with Crippen LogP contribution in [0.5, 0.6) is 5.75 Å². The van der Waals surface area contributed by atoms with Crippen molar-refractivity contribution in [1.82, 2.24) is 9.97 Å². The van der Waals surface area contributed by atoms with Crippen LogP contribution in [-0.4, -0.2) is 49.3 Å². The summed E-state index contributed by atoms with van der Waals surface area (Å²) in [6.07, 6.45) is -2.97. The molecule has 5 rings (SSSR count). The van der Waals surface area contributed by atoms with Crippen LogP contribution in [0, 0.1) is 6.92 Å². The van der Waals surface area contributed by atoms with Gasteiger partial charge < -0.3 is 25.4 Å². The molecule has 1 fully saturated rings. The summed E-state index contributed by atoms with van der Waals surface area (Å²) in [6, 6.07) is 10.3. The van der Waals surface area contributed by atoms with Gasteiger partial charge in [-0.2, -0.15) is 13.2 Å². The smallest absolute Gasteiger partial charge is 0.416 e. The molecule has 12 heteroatoms. The number of halogens is 4. The molecular weight excluding hydrogens is 591 g/mol. The highest BCUT2D eigenvalue weighted by atomic mass is 79.9. The minimum atomic E-state index is -4.56. The Morgan fingerprint density at radius 1 is 1.12 bits per heavy atom. The molecule has 0 spiro atoms. The minimum absolute atomic E-state index is 0.0737. The summed E-state index contributed by atoms with van der Waals surface area (Å²) in [5, 5.41) is 3.41. The second-order valence-electron chi connectivity index (χ2n) is 9.25. The molecule has 0 radical (unpaired) electrons. The Labute approximate surface area is 236 Å². The number of ether oxygens (including phenoxy) is 2. The number of benzene rings is 3. The zero-order valence-corrected chi connectivity index (χ0v) is 23.2. The van der Waals surface area contributed by atoms with Crippen LogP contribution in [0.3, 0.4) is 0 Å². The van der Waals surface area contributed by atoms with Gasteiger partial charge in [0.05, 0.1) is 47.3 Å². The monoisotopic (exact) mass is 615 g/mol. The Kier molecular flexibility index (Phi) is 7.56. The molecule has 3 aromatic carbocycles. The summed E-state index contributed by atoms with van der Waals surface area (Å²) in [5.41, 5.74) is 8.54. The van der Waals surface area contributed by atoms with Gasteiger partial charge in [-0.25, -0.2) is 9.97 Å². The van der Waals surface area contributed by atoms with E-state index in [0.29, 0.717) is 64.2 Å². The van der Waals surface area contributed by atoms with Crippen molar-refractivity contribution in [2.24, 2.45) is 0 Å². The number of hydrogen-bond donors (Lipinski definition) is 2. The van der Waals surface area contributed by atoms with Crippen LogP contribution in [-0.2, 0) is 10.9 Å². The molecule has 1 aromatic heterocycles. The number of alkyl halides is 3. The minimum Gasteiger partial charge on any atom is -0.495 e. The van der Waals surface area contributed by atoms with Gasteiger partial charge in [-0.15, -0.1) is 0 Å². The number of nitrogens with one attached hydrogen (secondary N) is 1. The lowest BCUT2D eigenvalue weighted by Crippen LogP contribution is -2.36. The second kappa shape index (κ2) is 10.9. The number of anilines is 3. The van der Waals surface area contributed by atoms with Crippen molar-refractivity contribution in [1.29, 1.82) is 0 Å². The number of aryl methyl sites for hydroxylation is 1. The summed E-state index contributed by atoms with van der Waals surface area (Å²) in [6.45, 7) is 3.76. The van der Waals surface area contributed by atoms with Gasteiger partial charge in [-0.3, -0.25) is 4.79 Å². The number of nitrogen functional groups attached to an aromatic ring is 1. The molecule has 3 N–H and O–H groups in total. The zero-order chi connectivity index (χ0) is 28.6. The van der Waals surface area contributed by atoms with Gasteiger partial charge >= 0.3 is 6.18 Å². The highest BCUT2D eigenvalue weighted by molar-refractivity contribution is 9.10. The number of carbonyl (C=O) groups is 1. The highest BCUT2D eigenvalue weighted by Crippen LogP contribution is 2.42. The molecule has 8 nitrogen and oxygen atoms in total. The molecule has 0 atom stereocenters. The summed E-state index contributed by atoms with van der Waals surface area (Å²) >= 11 is 3.55. The molecule has 1 aliphatic rings. The molecule has 0 bridgehead atoms. The number of nitrogens with zero attached hydrogens (tertiary/aromatic N) is 3. The van der Waals surface area contributed by atoms with E-state index in [-0.39, 0.29) is 17.2 Å². The lowest BCUT2D eigenvalue weighted by molar-refractivity contribution is -0.137. The Morgan fingerprint density at radius 3 is 2.58 bits per heavy atom. The third-order valence-corrected chi connectivity index (χ3v) is 7.44. The summed E-state index contributed by atoms with van der Waals surface area (Å²) in [5.74, 6) is 0.0487. The molecule has 1 saturated heterocycles. The molecule has 1 amide bonds. The summed E-state index contributed by atoms with van der Waals surface area (Å²) in [4.78, 5) is 23.7. The Bertz CT molecular complexity index is 1610. The van der Waals surface area contributed by atoms with Crippen LogP contribution in [0.2, 0.25) is 0 Å². The van der Waals surface area contributed by atoms with Crippen molar-refractivity contribution in [2.75, 3.05) is 49.4 Å². The average molecular weight is 616 g/mol. The predicted octanol–water partition coefficient (Wildman–Crippen LogP) is 6.07. The first-order valence-corrected chi connectivity index (χ1v) is 13.1. The predicted molar refractivity (Wildman–Crippen MR) is 151 cm³/mol. The fraction of sp³-hybridized carbons (Fsp3) is 0.250. The van der Waals surface area contributed by atoms with Gasteiger partial charge in [0.15, 0.2) is 0 Å². The molecule has 4 aromatic rings. The lowest BCUT2D eigenvalue weighted by Gasteiger charge is -2.31. The van der Waals surface area contributed by atoms with Crippen LogP contribution in [0.4, 0.5) is 30.5 Å². The molecule has 1 aliphatic heterocycles. The van der Waals surface area contributed by atoms with Gasteiger partial charge in [0.2, 0.25) is 5.95 Å². The van der Waals surface area contributed by atoms with Gasteiger partial charge in [-0.05, 0) is 70.4 Å². The van der Waals surface area contributed by atoms with E-state index in [1.807, 2.05) is 17.9 Å². The third kappa shape index (κ3) is 5.41. The van der Waals surface area contributed by atoms with Crippen molar-refractivity contribution in [3.8, 4) is 16.9 Å². The van der Waals surface area contributed by atoms with E-state index in [4.69, 9.17) is 15.2 Å². The maximum atomic E-state index is 13.5. The number of methoxy groups -OCH3 is 1. The number of hydrogen-bond acceptors (Lipinski definition) is 7. The molecular formula is C28H25BrF3N5O3. The summed E-state index contributed by atoms with van der Waals surface area (Å²) < 4.78 is 52.3. The number of carbonyl (C=O) groups excluding carboxylic acids is 1. The van der Waals surface area contributed by atoms with Crippen LogP contribution in [0.25, 0.3) is 22.0 Å². The fourth-order valence-electron chi connectivity index (χ4n) is 4.67. The van der Waals surface area contributed by atoms with E-state index in [1.54, 1.807) is 24.4 Å². The van der Waals surface area contributed by atoms with E-state index in [1.165, 1.54) is 13.2 Å². The van der Waals surface area contributed by atoms with Crippen LogP contribution in [0.1, 0.15) is 21.5 Å². The molecule has 0 aliphatic carbocycles. The number of amides is 1. The first-order valence-electron chi connectivity index (χ1n) is 12.3. The van der Waals surface area contributed by atoms with E-state index >= 15 is 0 Å². The van der Waals surface area contributed by atoms with E-state index in [9.17, 15) is 18.0 Å². The molecule has 2 heterocycles. The number of fused-ring (bicyclic) bond motifs is 1. The summed E-state index contributed by atoms with van der Waals surface area (Å²) in [7, 11) is 1.52. The van der Waals surface area contributed by atoms with Crippen LogP contribution >= 0.6 is 15.9 Å². The first kappa shape index (κ1) is 27.7. The zero-order valence-electron chi connectivity index (χ0n) is 21.6. The number of rotatable bonds is 5. The quantitative estimate of drug-likeness (QED) is 0.281. The van der Waals surface area contributed by atoms with Crippen LogP contribution in [0.15, 0.2) is 53.1 Å². The van der Waals surface area contributed by atoms with Crippen molar-refractivity contribution >= 4 is 50.1 Å². The molecule has 40 heavy (non-hydrogen) atoms. The second-order valence-corrected chi connectivity index (χ2v) is 10.0. The SMILES string of the molecule is COc1c(-c2cc(C(=O)Nc3cc(C(F)(F)F)ccc3N3CCOCC3)ccc2C)cc2cnc(N)nc2c1Br. The van der Waals surface area contributed by atoms with Crippen molar-refractivity contribution in [3.05, 3.63) is 69.8 Å². The van der Waals surface area contributed by atoms with Gasteiger partial charge in [-0.1, -0.05) is 6.07 Å². The third-order valence-electron chi connectivity index (χ3n) is 6.71. The van der Waals surface area contributed by atoms with Gasteiger partial charge in [0.25, 0.3) is 5.91 Å². The van der Waals surface area contributed by atoms with Crippen molar-refractivity contribution in [2.45, 2.75) is 13.1 Å². The topological polar surface area (TPSA) is 103 Å². The first-order chi connectivity index (χ1) is 19.1. The maximum absolute atomic E-state index is 13.5. The number of morpholine rings is 1. The molecule has 208 valence electrons.